The average molecular weight is 533 g/mol. The zero-order valence-electron chi connectivity index (χ0n) is 17.3. The number of anilines is 1. The van der Waals surface area contributed by atoms with E-state index in [-0.39, 0.29) is 0 Å². The summed E-state index contributed by atoms with van der Waals surface area (Å²) in [6.07, 6.45) is -15.3. The minimum Gasteiger partial charge on any atom is -0.475 e. The van der Waals surface area contributed by atoms with Crippen molar-refractivity contribution in [1.29, 1.82) is 0 Å². The molecule has 202 valence electrons. The predicted molar refractivity (Wildman–Crippen MR) is 100 cm³/mol. The number of hydrogen-bond donors (Lipinski definition) is 5. The van der Waals surface area contributed by atoms with Gasteiger partial charge in [-0.1, -0.05) is 12.1 Å². The van der Waals surface area contributed by atoms with Gasteiger partial charge in [0.15, 0.2) is 0 Å². The van der Waals surface area contributed by atoms with Gasteiger partial charge in [0.05, 0.1) is 0 Å². The molecule has 1 aliphatic rings. The molecule has 6 N–H and O–H groups in total. The van der Waals surface area contributed by atoms with Crippen LogP contribution in [0.15, 0.2) is 24.3 Å². The highest BCUT2D eigenvalue weighted by atomic mass is 19.4. The van der Waals surface area contributed by atoms with Crippen LogP contribution in [0.1, 0.15) is 5.56 Å². The fraction of sp³-hybridized carbons (Fsp3) is 0.471. The van der Waals surface area contributed by atoms with Crippen molar-refractivity contribution < 1.29 is 69.2 Å². The largest absolute Gasteiger partial charge is 0.490 e. The third-order valence-corrected chi connectivity index (χ3v) is 3.29. The summed E-state index contributed by atoms with van der Waals surface area (Å²) in [5.41, 5.74) is 7.90. The molecule has 0 spiro atoms. The van der Waals surface area contributed by atoms with Crippen LogP contribution in [0.3, 0.4) is 0 Å². The lowest BCUT2D eigenvalue weighted by atomic mass is 10.2. The van der Waals surface area contributed by atoms with E-state index in [1.54, 1.807) is 0 Å². The highest BCUT2D eigenvalue weighted by Crippen LogP contribution is 2.14. The zero-order chi connectivity index (χ0) is 28.0. The van der Waals surface area contributed by atoms with Crippen LogP contribution in [0.2, 0.25) is 0 Å². The normalized spacial score (nSPS) is 14.1. The second kappa shape index (κ2) is 14.9. The third-order valence-electron chi connectivity index (χ3n) is 3.29. The van der Waals surface area contributed by atoms with Crippen molar-refractivity contribution in [3.63, 3.8) is 0 Å². The fourth-order valence-corrected chi connectivity index (χ4v) is 1.82. The number of halogens is 9. The van der Waals surface area contributed by atoms with Gasteiger partial charge in [0.25, 0.3) is 0 Å². The maximum atomic E-state index is 10.6. The summed E-state index contributed by atoms with van der Waals surface area (Å²) in [6, 6.07) is 8.15. The Morgan fingerprint density at radius 3 is 1.43 bits per heavy atom. The smallest absolute Gasteiger partial charge is 0.475 e. The van der Waals surface area contributed by atoms with Gasteiger partial charge in [0.2, 0.25) is 0 Å². The number of benzene rings is 1. The molecule has 0 bridgehead atoms. The number of nitrogens with one attached hydrogen (secondary N) is 1. The third kappa shape index (κ3) is 18.8. The van der Waals surface area contributed by atoms with Gasteiger partial charge in [0, 0.05) is 38.4 Å². The molecule has 0 atom stereocenters. The summed E-state index contributed by atoms with van der Waals surface area (Å²) in [7, 11) is 0. The number of carboxylic acid groups (broad SMARTS) is 3. The second-order valence-electron chi connectivity index (χ2n) is 6.18. The highest BCUT2D eigenvalue weighted by Gasteiger charge is 2.39. The van der Waals surface area contributed by atoms with Gasteiger partial charge < -0.3 is 26.4 Å². The molecule has 1 aromatic rings. The minimum atomic E-state index is -5.08. The molecule has 1 fully saturated rings. The van der Waals surface area contributed by atoms with Crippen molar-refractivity contribution in [3.8, 4) is 0 Å². The first-order valence-electron chi connectivity index (χ1n) is 8.85. The molecule has 0 aliphatic carbocycles. The molecule has 1 heterocycles. The Kier molecular flexibility index (Phi) is 14.4. The predicted octanol–water partition coefficient (Wildman–Crippen LogP) is 2.57. The summed E-state index contributed by atoms with van der Waals surface area (Å²) in [5.74, 6) is -8.27. The van der Waals surface area contributed by atoms with E-state index in [9.17, 15) is 39.5 Å². The zero-order valence-corrected chi connectivity index (χ0v) is 17.3. The van der Waals surface area contributed by atoms with E-state index in [0.717, 1.165) is 38.4 Å². The summed E-state index contributed by atoms with van der Waals surface area (Å²) < 4.78 is 95.2. The number of nitrogens with zero attached hydrogens (tertiary/aromatic N) is 1. The number of nitrogens with two attached hydrogens (primary N) is 1. The number of nitrogen functional groups attached to an aromatic ring is 1. The highest BCUT2D eigenvalue weighted by molar-refractivity contribution is 5.73. The van der Waals surface area contributed by atoms with Crippen LogP contribution < -0.4 is 11.1 Å². The molecule has 0 amide bonds. The Balaban J connectivity index is 0. The maximum absolute atomic E-state index is 10.6. The van der Waals surface area contributed by atoms with Crippen molar-refractivity contribution in [2.24, 2.45) is 0 Å². The van der Waals surface area contributed by atoms with Crippen LogP contribution >= 0.6 is 0 Å². The molecular formula is C17H20F9N3O6. The SMILES string of the molecule is Nc1cccc(CN2CCNCC2)c1.O=C(O)C(F)(F)F.O=C(O)C(F)(F)F.O=C(O)C(F)(F)F. The molecule has 1 aliphatic heterocycles. The van der Waals surface area contributed by atoms with Crippen molar-refractivity contribution in [2.45, 2.75) is 25.1 Å². The number of hydrogen-bond acceptors (Lipinski definition) is 6. The Morgan fingerprint density at radius 2 is 1.14 bits per heavy atom. The summed E-state index contributed by atoms with van der Waals surface area (Å²) >= 11 is 0. The van der Waals surface area contributed by atoms with E-state index in [4.69, 9.17) is 35.4 Å². The standard InChI is InChI=1S/C11H17N3.3C2HF3O2/c12-11-3-1-2-10(8-11)9-14-6-4-13-5-7-14;3*3-2(4,5)1(6)7/h1-3,8,13H,4-7,9,12H2;3*(H,6,7). The van der Waals surface area contributed by atoms with E-state index < -0.39 is 36.4 Å². The van der Waals surface area contributed by atoms with Crippen molar-refractivity contribution >= 4 is 23.6 Å². The molecule has 18 heteroatoms. The molecular weight excluding hydrogens is 513 g/mol. The van der Waals surface area contributed by atoms with Crippen LogP contribution in [-0.2, 0) is 20.9 Å². The van der Waals surface area contributed by atoms with Gasteiger partial charge in [-0.05, 0) is 17.7 Å². The first kappa shape index (κ1) is 33.9. The molecule has 1 saturated heterocycles. The number of rotatable bonds is 2. The topological polar surface area (TPSA) is 153 Å². The van der Waals surface area contributed by atoms with Crippen LogP contribution in [0, 0.1) is 0 Å². The molecule has 0 saturated carbocycles. The number of carboxylic acids is 3. The number of aliphatic carboxylic acids is 3. The average Bonchev–Trinajstić information content (AvgIpc) is 2.68. The molecule has 1 aromatic carbocycles. The Hall–Kier alpha value is -3.28. The van der Waals surface area contributed by atoms with E-state index >= 15 is 0 Å². The number of alkyl halides is 9. The van der Waals surface area contributed by atoms with Crippen molar-refractivity contribution in [1.82, 2.24) is 10.2 Å². The van der Waals surface area contributed by atoms with E-state index in [1.165, 1.54) is 5.56 Å². The summed E-state index contributed by atoms with van der Waals surface area (Å²) in [5, 5.41) is 24.7. The lowest BCUT2D eigenvalue weighted by molar-refractivity contribution is -0.193. The summed E-state index contributed by atoms with van der Waals surface area (Å²) in [4.78, 5) is 29.1. The van der Waals surface area contributed by atoms with Crippen molar-refractivity contribution in [3.05, 3.63) is 29.8 Å². The number of carbonyl (C=O) groups is 3. The molecule has 35 heavy (non-hydrogen) atoms. The van der Waals surface area contributed by atoms with E-state index in [0.29, 0.717) is 0 Å². The minimum absolute atomic E-state index is 0.859. The maximum Gasteiger partial charge on any atom is 0.490 e. The lowest BCUT2D eigenvalue weighted by Gasteiger charge is -2.27. The van der Waals surface area contributed by atoms with Gasteiger partial charge >= 0.3 is 36.4 Å². The van der Waals surface area contributed by atoms with Crippen molar-refractivity contribution in [2.75, 3.05) is 31.9 Å². The quantitative estimate of drug-likeness (QED) is 0.285. The van der Waals surface area contributed by atoms with E-state index in [2.05, 4.69) is 22.3 Å². The molecule has 0 radical (unpaired) electrons. The molecule has 9 nitrogen and oxygen atoms in total. The Bertz CT molecular complexity index is 751. The van der Waals surface area contributed by atoms with E-state index in [1.807, 2.05) is 12.1 Å². The van der Waals surface area contributed by atoms with Crippen LogP contribution in [0.5, 0.6) is 0 Å². The Labute approximate surface area is 190 Å². The fourth-order valence-electron chi connectivity index (χ4n) is 1.82. The first-order chi connectivity index (χ1) is 15.7. The second-order valence-corrected chi connectivity index (χ2v) is 6.18. The van der Waals surface area contributed by atoms with Gasteiger partial charge in [-0.2, -0.15) is 39.5 Å². The monoisotopic (exact) mass is 533 g/mol. The number of piperazine rings is 1. The lowest BCUT2D eigenvalue weighted by Crippen LogP contribution is -2.42. The molecule has 2 rings (SSSR count). The first-order valence-corrected chi connectivity index (χ1v) is 8.85. The molecule has 0 aromatic heterocycles. The van der Waals surface area contributed by atoms with Gasteiger partial charge in [-0.15, -0.1) is 0 Å². The molecule has 0 unspecified atom stereocenters. The summed E-state index contributed by atoms with van der Waals surface area (Å²) in [6.45, 7) is 5.49. The van der Waals surface area contributed by atoms with Crippen LogP contribution in [-0.4, -0.2) is 82.8 Å². The van der Waals surface area contributed by atoms with Gasteiger partial charge in [-0.3, -0.25) is 4.90 Å². The van der Waals surface area contributed by atoms with Crippen LogP contribution in [0.25, 0.3) is 0 Å². The van der Waals surface area contributed by atoms with Gasteiger partial charge in [0.1, 0.15) is 0 Å². The van der Waals surface area contributed by atoms with Gasteiger partial charge in [-0.25, -0.2) is 14.4 Å². The Morgan fingerprint density at radius 1 is 0.800 bits per heavy atom. The van der Waals surface area contributed by atoms with Crippen LogP contribution in [0.4, 0.5) is 45.2 Å².